The second-order valence-electron chi connectivity index (χ2n) is 3.29. The molecule has 0 bridgehead atoms. The number of hydrogen-bond donors (Lipinski definition) is 2. The lowest BCUT2D eigenvalue weighted by molar-refractivity contribution is 0.281. The molecule has 2 aromatic heterocycles. The Morgan fingerprint density at radius 2 is 2.38 bits per heavy atom. The zero-order valence-electron chi connectivity index (χ0n) is 8.97. The lowest BCUT2D eigenvalue weighted by atomic mass is 10.3. The Morgan fingerprint density at radius 3 is 3.06 bits per heavy atom. The molecule has 5 nitrogen and oxygen atoms in total. The molecule has 0 aliphatic rings. The van der Waals surface area contributed by atoms with Gasteiger partial charge in [-0.2, -0.15) is 0 Å². The van der Waals surface area contributed by atoms with Crippen molar-refractivity contribution in [1.29, 1.82) is 0 Å². The maximum absolute atomic E-state index is 9.00. The van der Waals surface area contributed by atoms with Gasteiger partial charge in [-0.25, -0.2) is 15.0 Å². The van der Waals surface area contributed by atoms with Gasteiger partial charge in [0, 0.05) is 6.04 Å². The van der Waals surface area contributed by atoms with Crippen LogP contribution in [-0.2, 0) is 0 Å². The number of aliphatic hydroxyl groups excluding tert-OH is 1. The number of nitrogens with one attached hydrogen (secondary N) is 1. The van der Waals surface area contributed by atoms with Crippen molar-refractivity contribution in [3.05, 3.63) is 6.33 Å². The Bertz CT molecular complexity index is 487. The number of aliphatic hydroxyl groups is 1. The molecule has 2 heterocycles. The van der Waals surface area contributed by atoms with Crippen LogP contribution in [-0.4, -0.2) is 39.0 Å². The van der Waals surface area contributed by atoms with Crippen LogP contribution in [0.5, 0.6) is 0 Å². The van der Waals surface area contributed by atoms with Crippen LogP contribution in [0.15, 0.2) is 10.7 Å². The zero-order valence-corrected chi connectivity index (χ0v) is 10.6. The van der Waals surface area contributed by atoms with E-state index >= 15 is 0 Å². The van der Waals surface area contributed by atoms with Gasteiger partial charge in [0.1, 0.15) is 16.8 Å². The van der Waals surface area contributed by atoms with E-state index in [0.29, 0.717) is 5.65 Å². The van der Waals surface area contributed by atoms with Crippen LogP contribution in [0.2, 0.25) is 0 Å². The van der Waals surface area contributed by atoms with Gasteiger partial charge in [-0.15, -0.1) is 11.3 Å². The SMILES string of the molecule is CSc1nc2ncnc(N[C@@H](C)CO)c2s1. The summed E-state index contributed by atoms with van der Waals surface area (Å²) in [5.74, 6) is 0.740. The van der Waals surface area contributed by atoms with E-state index < -0.39 is 0 Å². The molecule has 0 saturated heterocycles. The van der Waals surface area contributed by atoms with Gasteiger partial charge in [0.15, 0.2) is 9.99 Å². The third kappa shape index (κ3) is 2.26. The van der Waals surface area contributed by atoms with Crippen LogP contribution in [0.3, 0.4) is 0 Å². The monoisotopic (exact) mass is 256 g/mol. The molecule has 0 aliphatic carbocycles. The third-order valence-corrected chi connectivity index (χ3v) is 4.04. The zero-order chi connectivity index (χ0) is 11.5. The number of aromatic nitrogens is 3. The summed E-state index contributed by atoms with van der Waals surface area (Å²) in [6.07, 6.45) is 3.47. The summed E-state index contributed by atoms with van der Waals surface area (Å²) in [7, 11) is 0. The van der Waals surface area contributed by atoms with Crippen molar-refractivity contribution in [2.24, 2.45) is 0 Å². The summed E-state index contributed by atoms with van der Waals surface area (Å²) in [6.45, 7) is 1.96. The largest absolute Gasteiger partial charge is 0.394 e. The van der Waals surface area contributed by atoms with E-state index in [0.717, 1.165) is 14.9 Å². The second kappa shape index (κ2) is 4.94. The number of hydrogen-bond acceptors (Lipinski definition) is 7. The molecule has 0 spiro atoms. The van der Waals surface area contributed by atoms with Gasteiger partial charge in [-0.1, -0.05) is 11.8 Å². The summed E-state index contributed by atoms with van der Waals surface area (Å²) in [5, 5.41) is 12.1. The number of thioether (sulfide) groups is 1. The Kier molecular flexibility index (Phi) is 3.57. The first-order valence-electron chi connectivity index (χ1n) is 4.77. The molecule has 2 aromatic rings. The highest BCUT2D eigenvalue weighted by Gasteiger charge is 2.11. The second-order valence-corrected chi connectivity index (χ2v) is 5.34. The smallest absolute Gasteiger partial charge is 0.176 e. The quantitative estimate of drug-likeness (QED) is 0.810. The fraction of sp³-hybridized carbons (Fsp3) is 0.444. The minimum atomic E-state index is -0.0297. The molecular weight excluding hydrogens is 244 g/mol. The van der Waals surface area contributed by atoms with Crippen molar-refractivity contribution in [3.8, 4) is 0 Å². The number of anilines is 1. The normalized spacial score (nSPS) is 12.9. The maximum atomic E-state index is 9.00. The van der Waals surface area contributed by atoms with E-state index in [2.05, 4.69) is 20.3 Å². The highest BCUT2D eigenvalue weighted by atomic mass is 32.2. The summed E-state index contributed by atoms with van der Waals surface area (Å²) in [6, 6.07) is -0.0297. The molecule has 0 aliphatic heterocycles. The molecule has 0 unspecified atom stereocenters. The Hall–Kier alpha value is -0.920. The first-order chi connectivity index (χ1) is 7.74. The van der Waals surface area contributed by atoms with Crippen molar-refractivity contribution in [2.75, 3.05) is 18.2 Å². The van der Waals surface area contributed by atoms with Gasteiger partial charge >= 0.3 is 0 Å². The van der Waals surface area contributed by atoms with E-state index in [1.807, 2.05) is 13.2 Å². The molecule has 7 heteroatoms. The molecule has 16 heavy (non-hydrogen) atoms. The van der Waals surface area contributed by atoms with Crippen LogP contribution >= 0.6 is 23.1 Å². The molecule has 0 saturated carbocycles. The van der Waals surface area contributed by atoms with Crippen LogP contribution < -0.4 is 5.32 Å². The van der Waals surface area contributed by atoms with Crippen molar-refractivity contribution in [2.45, 2.75) is 17.3 Å². The molecule has 0 radical (unpaired) electrons. The van der Waals surface area contributed by atoms with Crippen molar-refractivity contribution >= 4 is 39.3 Å². The molecule has 0 fully saturated rings. The summed E-state index contributed by atoms with van der Waals surface area (Å²) >= 11 is 3.15. The van der Waals surface area contributed by atoms with E-state index in [1.165, 1.54) is 6.33 Å². The van der Waals surface area contributed by atoms with Crippen molar-refractivity contribution in [3.63, 3.8) is 0 Å². The number of nitrogens with zero attached hydrogens (tertiary/aromatic N) is 3. The van der Waals surface area contributed by atoms with Crippen LogP contribution in [0.25, 0.3) is 10.3 Å². The van der Waals surface area contributed by atoms with E-state index in [1.54, 1.807) is 23.1 Å². The molecule has 86 valence electrons. The fourth-order valence-electron chi connectivity index (χ4n) is 1.20. The van der Waals surface area contributed by atoms with Gasteiger partial charge in [0.2, 0.25) is 0 Å². The average Bonchev–Trinajstić information content (AvgIpc) is 2.73. The van der Waals surface area contributed by atoms with Gasteiger partial charge in [0.05, 0.1) is 6.61 Å². The number of thiazole rings is 1. The van der Waals surface area contributed by atoms with Gasteiger partial charge in [0.25, 0.3) is 0 Å². The molecular formula is C9H12N4OS2. The number of fused-ring (bicyclic) bond motifs is 1. The molecule has 0 aromatic carbocycles. The Labute approximate surface area is 101 Å². The summed E-state index contributed by atoms with van der Waals surface area (Å²) < 4.78 is 1.90. The standard InChI is InChI=1S/C9H12N4OS2/c1-5(3-14)12-7-6-8(11-4-10-7)13-9(15-2)16-6/h4-5,14H,3H2,1-2H3,(H,10,11,12)/t5-/m0/s1. The first-order valence-corrected chi connectivity index (χ1v) is 6.81. The van der Waals surface area contributed by atoms with E-state index in [4.69, 9.17) is 5.11 Å². The lowest BCUT2D eigenvalue weighted by Crippen LogP contribution is -2.20. The van der Waals surface area contributed by atoms with Crippen molar-refractivity contribution < 1.29 is 5.11 Å². The molecule has 0 amide bonds. The summed E-state index contributed by atoms with van der Waals surface area (Å²) in [5.41, 5.74) is 0.706. The van der Waals surface area contributed by atoms with Gasteiger partial charge < -0.3 is 10.4 Å². The van der Waals surface area contributed by atoms with Gasteiger partial charge in [-0.05, 0) is 13.2 Å². The maximum Gasteiger partial charge on any atom is 0.176 e. The minimum Gasteiger partial charge on any atom is -0.394 e. The van der Waals surface area contributed by atoms with Crippen LogP contribution in [0.1, 0.15) is 6.92 Å². The molecule has 1 atom stereocenters. The Morgan fingerprint density at radius 1 is 1.56 bits per heavy atom. The highest BCUT2D eigenvalue weighted by molar-refractivity contribution is 8.00. The van der Waals surface area contributed by atoms with E-state index in [9.17, 15) is 0 Å². The Balaban J connectivity index is 2.40. The highest BCUT2D eigenvalue weighted by Crippen LogP contribution is 2.30. The molecule has 2 N–H and O–H groups in total. The van der Waals surface area contributed by atoms with Crippen LogP contribution in [0.4, 0.5) is 5.82 Å². The van der Waals surface area contributed by atoms with Gasteiger partial charge in [-0.3, -0.25) is 0 Å². The van der Waals surface area contributed by atoms with Crippen LogP contribution in [0, 0.1) is 0 Å². The fourth-order valence-corrected chi connectivity index (χ4v) is 2.67. The molecule has 2 rings (SSSR count). The predicted molar refractivity (Wildman–Crippen MR) is 67.2 cm³/mol. The first kappa shape index (κ1) is 11.6. The van der Waals surface area contributed by atoms with E-state index in [-0.39, 0.29) is 12.6 Å². The summed E-state index contributed by atoms with van der Waals surface area (Å²) in [4.78, 5) is 12.6. The topological polar surface area (TPSA) is 70.9 Å². The average molecular weight is 256 g/mol. The lowest BCUT2D eigenvalue weighted by Gasteiger charge is -2.10. The third-order valence-electron chi connectivity index (χ3n) is 2.00. The minimum absolute atomic E-state index is 0.0297. The number of rotatable bonds is 4. The van der Waals surface area contributed by atoms with Crippen molar-refractivity contribution in [1.82, 2.24) is 15.0 Å². The predicted octanol–water partition coefficient (Wildman–Crippen LogP) is 1.60.